The first-order chi connectivity index (χ1) is 13.5. The highest BCUT2D eigenvalue weighted by Gasteiger charge is 2.15. The van der Waals surface area contributed by atoms with Gasteiger partial charge in [-0.1, -0.05) is 29.3 Å². The molecule has 0 saturated carbocycles. The van der Waals surface area contributed by atoms with Crippen molar-refractivity contribution in [3.05, 3.63) is 76.8 Å². The van der Waals surface area contributed by atoms with Crippen molar-refractivity contribution in [1.82, 2.24) is 0 Å². The van der Waals surface area contributed by atoms with E-state index in [9.17, 15) is 4.79 Å². The molecule has 0 aliphatic heterocycles. The first-order valence-electron chi connectivity index (χ1n) is 8.57. The van der Waals surface area contributed by atoms with Crippen molar-refractivity contribution >= 4 is 23.2 Å². The van der Waals surface area contributed by atoms with Crippen molar-refractivity contribution in [1.29, 1.82) is 0 Å². The van der Waals surface area contributed by atoms with Crippen molar-refractivity contribution in [2.24, 2.45) is 0 Å². The third-order valence-corrected chi connectivity index (χ3v) is 4.35. The van der Waals surface area contributed by atoms with Gasteiger partial charge in [0.05, 0.1) is 19.2 Å². The predicted molar refractivity (Wildman–Crippen MR) is 110 cm³/mol. The molecule has 0 aliphatic carbocycles. The number of carbonyl (C=O) groups is 1. The van der Waals surface area contributed by atoms with Crippen LogP contribution >= 0.6 is 11.6 Å². The second-order valence-corrected chi connectivity index (χ2v) is 6.49. The number of carbonyl (C=O) groups excluding carboxylic acids is 1. The molecule has 3 aromatic rings. The first kappa shape index (κ1) is 19.6. The van der Waals surface area contributed by atoms with Crippen LogP contribution in [0.2, 0.25) is 5.02 Å². The van der Waals surface area contributed by atoms with Crippen LogP contribution in [0.3, 0.4) is 0 Å². The number of methoxy groups -OCH3 is 2. The molecule has 1 amide bonds. The molecule has 144 valence electrons. The van der Waals surface area contributed by atoms with Crippen molar-refractivity contribution in [3.63, 3.8) is 0 Å². The molecule has 0 heterocycles. The van der Waals surface area contributed by atoms with Crippen LogP contribution in [0.5, 0.6) is 23.0 Å². The molecular formula is C22H20ClNO4. The fourth-order valence-electron chi connectivity index (χ4n) is 2.60. The van der Waals surface area contributed by atoms with Gasteiger partial charge in [-0.05, 0) is 55.5 Å². The molecule has 0 fully saturated rings. The largest absolute Gasteiger partial charge is 0.493 e. The molecule has 3 rings (SSSR count). The minimum atomic E-state index is -0.310. The van der Waals surface area contributed by atoms with Gasteiger partial charge in [0, 0.05) is 11.3 Å². The summed E-state index contributed by atoms with van der Waals surface area (Å²) in [6.45, 7) is 2.02. The molecule has 0 bridgehead atoms. The van der Waals surface area contributed by atoms with Gasteiger partial charge in [-0.25, -0.2) is 0 Å². The summed E-state index contributed by atoms with van der Waals surface area (Å²) in [5.41, 5.74) is 2.16. The molecule has 6 heteroatoms. The van der Waals surface area contributed by atoms with Crippen LogP contribution in [0.25, 0.3) is 0 Å². The summed E-state index contributed by atoms with van der Waals surface area (Å²) < 4.78 is 16.2. The minimum absolute atomic E-state index is 0.300. The molecule has 28 heavy (non-hydrogen) atoms. The fourth-order valence-corrected chi connectivity index (χ4v) is 2.89. The molecule has 0 radical (unpaired) electrons. The Kier molecular flexibility index (Phi) is 6.06. The number of nitrogens with one attached hydrogen (secondary N) is 1. The van der Waals surface area contributed by atoms with E-state index >= 15 is 0 Å². The standard InChI is InChI=1S/C22H20ClNO4/c1-14-4-8-17(9-5-14)28-18-10-6-16(7-11-18)24-22(25)15-12-19(23)21(27-3)20(13-15)26-2/h4-13H,1-3H3,(H,24,25). The lowest BCUT2D eigenvalue weighted by Crippen LogP contribution is -2.12. The number of hydrogen-bond donors (Lipinski definition) is 1. The van der Waals surface area contributed by atoms with Gasteiger partial charge < -0.3 is 19.5 Å². The normalized spacial score (nSPS) is 10.3. The molecular weight excluding hydrogens is 378 g/mol. The van der Waals surface area contributed by atoms with E-state index < -0.39 is 0 Å². The van der Waals surface area contributed by atoms with Crippen LogP contribution in [0.15, 0.2) is 60.7 Å². The summed E-state index contributed by atoms with van der Waals surface area (Å²) in [6.07, 6.45) is 0. The van der Waals surface area contributed by atoms with Crippen LogP contribution in [0.1, 0.15) is 15.9 Å². The highest BCUT2D eigenvalue weighted by atomic mass is 35.5. The van der Waals surface area contributed by atoms with Crippen LogP contribution in [0, 0.1) is 6.92 Å². The van der Waals surface area contributed by atoms with Crippen molar-refractivity contribution in [2.45, 2.75) is 6.92 Å². The number of aryl methyl sites for hydroxylation is 1. The summed E-state index contributed by atoms with van der Waals surface area (Å²) in [5, 5.41) is 3.12. The van der Waals surface area contributed by atoms with Crippen LogP contribution in [0.4, 0.5) is 5.69 Å². The van der Waals surface area contributed by atoms with Gasteiger partial charge in [0.15, 0.2) is 11.5 Å². The number of rotatable bonds is 6. The Morgan fingerprint density at radius 1 is 0.893 bits per heavy atom. The van der Waals surface area contributed by atoms with Gasteiger partial charge in [-0.2, -0.15) is 0 Å². The number of benzene rings is 3. The van der Waals surface area contributed by atoms with Gasteiger partial charge in [-0.3, -0.25) is 4.79 Å². The summed E-state index contributed by atoms with van der Waals surface area (Å²) >= 11 is 6.17. The molecule has 0 aliphatic rings. The molecule has 0 unspecified atom stereocenters. The Balaban J connectivity index is 1.70. The highest BCUT2D eigenvalue weighted by molar-refractivity contribution is 6.32. The van der Waals surface area contributed by atoms with Gasteiger partial charge in [0.2, 0.25) is 0 Å². The Labute approximate surface area is 168 Å². The Hall–Kier alpha value is -3.18. The van der Waals surface area contributed by atoms with E-state index in [2.05, 4.69) is 5.32 Å². The topological polar surface area (TPSA) is 56.8 Å². The predicted octanol–water partition coefficient (Wildman–Crippen LogP) is 5.71. The average Bonchev–Trinajstić information content (AvgIpc) is 2.70. The number of amides is 1. The highest BCUT2D eigenvalue weighted by Crippen LogP contribution is 2.36. The van der Waals surface area contributed by atoms with E-state index in [-0.39, 0.29) is 5.91 Å². The molecule has 0 spiro atoms. The number of anilines is 1. The van der Waals surface area contributed by atoms with Gasteiger partial charge in [0.25, 0.3) is 5.91 Å². The first-order valence-corrected chi connectivity index (χ1v) is 8.95. The maximum Gasteiger partial charge on any atom is 0.255 e. The minimum Gasteiger partial charge on any atom is -0.493 e. The third-order valence-electron chi connectivity index (χ3n) is 4.06. The van der Waals surface area contributed by atoms with Crippen molar-refractivity contribution in [3.8, 4) is 23.0 Å². The lowest BCUT2D eigenvalue weighted by Gasteiger charge is -2.12. The Morgan fingerprint density at radius 3 is 2.07 bits per heavy atom. The van der Waals surface area contributed by atoms with Crippen molar-refractivity contribution in [2.75, 3.05) is 19.5 Å². The second kappa shape index (κ2) is 8.67. The van der Waals surface area contributed by atoms with Gasteiger partial charge >= 0.3 is 0 Å². The van der Waals surface area contributed by atoms with Crippen LogP contribution in [-0.2, 0) is 0 Å². The number of ether oxygens (including phenoxy) is 3. The lowest BCUT2D eigenvalue weighted by molar-refractivity contribution is 0.102. The van der Waals surface area contributed by atoms with E-state index in [1.165, 1.54) is 25.8 Å². The van der Waals surface area contributed by atoms with Crippen LogP contribution < -0.4 is 19.5 Å². The summed E-state index contributed by atoms with van der Waals surface area (Å²) in [4.78, 5) is 12.5. The van der Waals surface area contributed by atoms with Crippen molar-refractivity contribution < 1.29 is 19.0 Å². The summed E-state index contributed by atoms with van der Waals surface area (Å²) in [5.74, 6) is 1.90. The van der Waals surface area contributed by atoms with E-state index in [1.807, 2.05) is 31.2 Å². The molecule has 0 saturated heterocycles. The number of halogens is 1. The lowest BCUT2D eigenvalue weighted by atomic mass is 10.1. The fraction of sp³-hybridized carbons (Fsp3) is 0.136. The Morgan fingerprint density at radius 2 is 1.50 bits per heavy atom. The number of hydrogen-bond acceptors (Lipinski definition) is 4. The maximum absolute atomic E-state index is 12.5. The SMILES string of the molecule is COc1cc(C(=O)Nc2ccc(Oc3ccc(C)cc3)cc2)cc(Cl)c1OC. The van der Waals surface area contributed by atoms with E-state index in [0.29, 0.717) is 33.5 Å². The smallest absolute Gasteiger partial charge is 0.255 e. The summed E-state index contributed by atoms with van der Waals surface area (Å²) in [7, 11) is 2.98. The zero-order valence-electron chi connectivity index (χ0n) is 15.8. The zero-order valence-corrected chi connectivity index (χ0v) is 16.5. The molecule has 1 N–H and O–H groups in total. The maximum atomic E-state index is 12.5. The van der Waals surface area contributed by atoms with Crippen LogP contribution in [-0.4, -0.2) is 20.1 Å². The van der Waals surface area contributed by atoms with E-state index in [1.54, 1.807) is 30.3 Å². The molecule has 5 nitrogen and oxygen atoms in total. The van der Waals surface area contributed by atoms with E-state index in [4.69, 9.17) is 25.8 Å². The second-order valence-electron chi connectivity index (χ2n) is 6.09. The monoisotopic (exact) mass is 397 g/mol. The third kappa shape index (κ3) is 4.56. The van der Waals surface area contributed by atoms with Gasteiger partial charge in [0.1, 0.15) is 11.5 Å². The quantitative estimate of drug-likeness (QED) is 0.578. The summed E-state index contributed by atoms with van der Waals surface area (Å²) in [6, 6.07) is 18.0. The van der Waals surface area contributed by atoms with Gasteiger partial charge in [-0.15, -0.1) is 0 Å². The van der Waals surface area contributed by atoms with E-state index in [0.717, 1.165) is 5.75 Å². The molecule has 0 atom stereocenters. The molecule has 3 aromatic carbocycles. The average molecular weight is 398 g/mol. The molecule has 0 aromatic heterocycles. The Bertz CT molecular complexity index is 969. The zero-order chi connectivity index (χ0) is 20.1.